The van der Waals surface area contributed by atoms with Crippen molar-refractivity contribution in [1.29, 1.82) is 0 Å². The fraction of sp³-hybridized carbons (Fsp3) is 1.00. The molecule has 0 aliphatic heterocycles. The van der Waals surface area contributed by atoms with E-state index in [4.69, 9.17) is 0 Å². The fourth-order valence-electron chi connectivity index (χ4n) is 0.223. The number of hydrogen-bond acceptors (Lipinski definition) is 4. The highest BCUT2D eigenvalue weighted by molar-refractivity contribution is 7.33. The lowest BCUT2D eigenvalue weighted by Crippen LogP contribution is -1.86. The van der Waals surface area contributed by atoms with E-state index in [1.54, 1.807) is 13.8 Å². The van der Waals surface area contributed by atoms with Crippen molar-refractivity contribution < 1.29 is 18.7 Å². The molecule has 6 heteroatoms. The fourth-order valence-corrected chi connectivity index (χ4v) is 0.668. The molecule has 0 amide bonds. The molecule has 0 saturated carbocycles. The van der Waals surface area contributed by atoms with Crippen molar-refractivity contribution in [2.24, 2.45) is 0 Å². The third kappa shape index (κ3) is 8.51. The van der Waals surface area contributed by atoms with Crippen LogP contribution < -0.4 is 0 Å². The second kappa shape index (κ2) is 9.51. The lowest BCUT2D eigenvalue weighted by Gasteiger charge is -1.83. The molecule has 0 aromatic rings. The SMILES string of the molecule is CCOO[P+](=O)OCC.[AlH3]. The van der Waals surface area contributed by atoms with E-state index < -0.39 is 8.25 Å². The van der Waals surface area contributed by atoms with E-state index in [0.29, 0.717) is 13.2 Å². The van der Waals surface area contributed by atoms with Gasteiger partial charge in [-0.25, -0.2) is 0 Å². The van der Waals surface area contributed by atoms with E-state index in [1.807, 2.05) is 0 Å². The van der Waals surface area contributed by atoms with Gasteiger partial charge in [0.05, 0.1) is 11.3 Å². The van der Waals surface area contributed by atoms with Crippen molar-refractivity contribution in [2.45, 2.75) is 13.8 Å². The first-order chi connectivity index (χ1) is 4.31. The van der Waals surface area contributed by atoms with Crippen molar-refractivity contribution in [2.75, 3.05) is 13.2 Å². The average molecular weight is 183 g/mol. The molecular weight excluding hydrogens is 170 g/mol. The molecule has 1 unspecified atom stereocenters. The van der Waals surface area contributed by atoms with Gasteiger partial charge in [-0.05, 0) is 13.8 Å². The van der Waals surface area contributed by atoms with E-state index in [0.717, 1.165) is 0 Å². The summed E-state index contributed by atoms with van der Waals surface area (Å²) in [4.78, 5) is 4.34. The van der Waals surface area contributed by atoms with Crippen molar-refractivity contribution in [1.82, 2.24) is 0 Å². The van der Waals surface area contributed by atoms with Gasteiger partial charge in [-0.1, -0.05) is 0 Å². The molecule has 0 radical (unpaired) electrons. The van der Waals surface area contributed by atoms with Gasteiger partial charge in [-0.15, -0.1) is 4.52 Å². The minimum absolute atomic E-state index is 0. The lowest BCUT2D eigenvalue weighted by atomic mass is 10.9. The molecular formula is C4H13AlO4P+. The molecule has 0 fully saturated rings. The minimum atomic E-state index is -2.06. The molecule has 0 aromatic heterocycles. The zero-order valence-electron chi connectivity index (χ0n) is 5.49. The predicted octanol–water partition coefficient (Wildman–Crippen LogP) is 0.464. The molecule has 4 nitrogen and oxygen atoms in total. The largest absolute Gasteiger partial charge is 0.728 e. The van der Waals surface area contributed by atoms with Crippen LogP contribution >= 0.6 is 8.25 Å². The van der Waals surface area contributed by atoms with E-state index in [-0.39, 0.29) is 17.4 Å². The normalized spacial score (nSPS) is 10.4. The smallest absolute Gasteiger partial charge is 0.188 e. The highest BCUT2D eigenvalue weighted by atomic mass is 31.1. The van der Waals surface area contributed by atoms with Crippen LogP contribution in [-0.2, 0) is 18.7 Å². The maximum atomic E-state index is 10.4. The third-order valence-electron chi connectivity index (χ3n) is 0.466. The van der Waals surface area contributed by atoms with Gasteiger partial charge in [-0.3, -0.25) is 0 Å². The average Bonchev–Trinajstić information content (AvgIpc) is 1.85. The molecule has 0 aliphatic carbocycles. The van der Waals surface area contributed by atoms with E-state index in [1.165, 1.54) is 0 Å². The zero-order valence-corrected chi connectivity index (χ0v) is 6.39. The Balaban J connectivity index is 0. The van der Waals surface area contributed by atoms with Gasteiger partial charge in [0.25, 0.3) is 0 Å². The van der Waals surface area contributed by atoms with E-state index >= 15 is 0 Å². The van der Waals surface area contributed by atoms with Crippen LogP contribution in [0.1, 0.15) is 13.8 Å². The Morgan fingerprint density at radius 3 is 2.30 bits per heavy atom. The molecule has 0 bridgehead atoms. The van der Waals surface area contributed by atoms with Gasteiger partial charge in [-0.2, -0.15) is 4.89 Å². The van der Waals surface area contributed by atoms with Crippen molar-refractivity contribution in [3.05, 3.63) is 0 Å². The highest BCUT2D eigenvalue weighted by Crippen LogP contribution is 2.22. The van der Waals surface area contributed by atoms with Crippen LogP contribution in [0, 0.1) is 0 Å². The summed E-state index contributed by atoms with van der Waals surface area (Å²) in [7, 11) is -2.06. The summed E-state index contributed by atoms with van der Waals surface area (Å²) in [5.74, 6) is 0. The molecule has 0 aliphatic rings. The molecule has 0 aromatic carbocycles. The maximum absolute atomic E-state index is 10.4. The zero-order chi connectivity index (χ0) is 7.11. The van der Waals surface area contributed by atoms with Crippen LogP contribution in [-0.4, -0.2) is 30.6 Å². The summed E-state index contributed by atoms with van der Waals surface area (Å²) >= 11 is 0. The molecule has 60 valence electrons. The third-order valence-corrected chi connectivity index (χ3v) is 1.16. The minimum Gasteiger partial charge on any atom is -0.188 e. The van der Waals surface area contributed by atoms with Crippen LogP contribution in [0.4, 0.5) is 0 Å². The standard InChI is InChI=1S/C4H10O4P.Al.3H/c1-3-6-8-9(5)7-4-2;;;;/h3-4H2,1-2H3;;;;/q+1;;;;. The molecule has 0 heterocycles. The Morgan fingerprint density at radius 1 is 1.30 bits per heavy atom. The Morgan fingerprint density at radius 2 is 1.90 bits per heavy atom. The topological polar surface area (TPSA) is 44.8 Å². The van der Waals surface area contributed by atoms with E-state index in [2.05, 4.69) is 14.1 Å². The number of rotatable bonds is 5. The lowest BCUT2D eigenvalue weighted by molar-refractivity contribution is -0.204. The Bertz CT molecular complexity index is 89.3. The molecule has 1 atom stereocenters. The van der Waals surface area contributed by atoms with Crippen molar-refractivity contribution in [3.8, 4) is 0 Å². The quantitative estimate of drug-likeness (QED) is 0.269. The Kier molecular flexibility index (Phi) is 12.5. The Hall–Kier alpha value is 0.512. The van der Waals surface area contributed by atoms with Crippen LogP contribution in [0.3, 0.4) is 0 Å². The summed E-state index contributed by atoms with van der Waals surface area (Å²) in [5, 5.41) is 0. The van der Waals surface area contributed by atoms with Gasteiger partial charge < -0.3 is 0 Å². The van der Waals surface area contributed by atoms with Crippen LogP contribution in [0.25, 0.3) is 0 Å². The second-order valence-corrected chi connectivity index (χ2v) is 1.98. The summed E-state index contributed by atoms with van der Waals surface area (Å²) in [6.45, 7) is 4.19. The summed E-state index contributed by atoms with van der Waals surface area (Å²) < 4.78 is 19.1. The summed E-state index contributed by atoms with van der Waals surface area (Å²) in [6.07, 6.45) is 0. The van der Waals surface area contributed by atoms with Gasteiger partial charge in [0.15, 0.2) is 17.4 Å². The van der Waals surface area contributed by atoms with Gasteiger partial charge >= 0.3 is 8.25 Å². The molecule has 0 spiro atoms. The molecule has 0 N–H and O–H groups in total. The van der Waals surface area contributed by atoms with Crippen LogP contribution in [0.2, 0.25) is 0 Å². The van der Waals surface area contributed by atoms with E-state index in [9.17, 15) is 4.57 Å². The first-order valence-electron chi connectivity index (χ1n) is 2.71. The van der Waals surface area contributed by atoms with Gasteiger partial charge in [0.1, 0.15) is 6.61 Å². The first kappa shape index (κ1) is 13.1. The Labute approximate surface area is 71.9 Å². The highest BCUT2D eigenvalue weighted by Gasteiger charge is 2.19. The molecule has 0 saturated heterocycles. The van der Waals surface area contributed by atoms with Crippen LogP contribution in [0.15, 0.2) is 0 Å². The molecule has 0 rings (SSSR count). The van der Waals surface area contributed by atoms with Crippen LogP contribution in [0.5, 0.6) is 0 Å². The van der Waals surface area contributed by atoms with Gasteiger partial charge in [0.2, 0.25) is 0 Å². The van der Waals surface area contributed by atoms with Crippen molar-refractivity contribution >= 4 is 25.6 Å². The molecule has 10 heavy (non-hydrogen) atoms. The summed E-state index contributed by atoms with van der Waals surface area (Å²) in [6, 6.07) is 0. The van der Waals surface area contributed by atoms with Crippen molar-refractivity contribution in [3.63, 3.8) is 0 Å². The first-order valence-corrected chi connectivity index (χ1v) is 3.80. The number of hydrogen-bond donors (Lipinski definition) is 0. The van der Waals surface area contributed by atoms with Gasteiger partial charge in [0, 0.05) is 4.57 Å². The second-order valence-electron chi connectivity index (χ2n) is 1.12. The monoisotopic (exact) mass is 183 g/mol. The maximum Gasteiger partial charge on any atom is 0.728 e. The summed E-state index contributed by atoms with van der Waals surface area (Å²) in [5.41, 5.74) is 0. The predicted molar refractivity (Wildman–Crippen MR) is 41.9 cm³/mol.